The summed E-state index contributed by atoms with van der Waals surface area (Å²) in [5.74, 6) is 1.08. The van der Waals surface area contributed by atoms with Gasteiger partial charge in [0.15, 0.2) is 11.8 Å². The number of aliphatic hydroxyl groups excluding tert-OH is 1. The number of rotatable bonds is 8. The number of methoxy groups -OCH3 is 2. The number of furan rings is 1. The van der Waals surface area contributed by atoms with Crippen molar-refractivity contribution in [2.24, 2.45) is 0 Å². The maximum absolute atomic E-state index is 13.0. The molecular formula is C22H21N3O6S. The van der Waals surface area contributed by atoms with E-state index in [4.69, 9.17) is 13.9 Å². The fraction of sp³-hybridized carbons (Fsp3) is 0.182. The standard InChI is InChI=1S/C22H21N3O6S/c1-29-16-8-17(30-2)10-19(9-16)32(27,28)18-4-3-15(24-12-18)11-25-22(26)20-7-14-5-6-23-13-21(14)31-20/h3-10,12-13,22,25-26H,11H2,1-2H3. The van der Waals surface area contributed by atoms with E-state index in [-0.39, 0.29) is 16.3 Å². The van der Waals surface area contributed by atoms with Gasteiger partial charge in [0.1, 0.15) is 17.3 Å². The zero-order chi connectivity index (χ0) is 22.7. The van der Waals surface area contributed by atoms with Crippen LogP contribution in [0.2, 0.25) is 0 Å². The number of ether oxygens (including phenoxy) is 2. The van der Waals surface area contributed by atoms with E-state index >= 15 is 0 Å². The van der Waals surface area contributed by atoms with Crippen LogP contribution in [0, 0.1) is 0 Å². The Hall–Kier alpha value is -3.47. The van der Waals surface area contributed by atoms with Crippen LogP contribution in [-0.4, -0.2) is 37.7 Å². The van der Waals surface area contributed by atoms with Crippen molar-refractivity contribution in [3.05, 3.63) is 72.5 Å². The zero-order valence-corrected chi connectivity index (χ0v) is 18.2. The highest BCUT2D eigenvalue weighted by molar-refractivity contribution is 7.91. The van der Waals surface area contributed by atoms with Gasteiger partial charge in [0, 0.05) is 30.4 Å². The molecule has 4 aromatic rings. The largest absolute Gasteiger partial charge is 0.497 e. The Morgan fingerprint density at radius 3 is 2.41 bits per heavy atom. The second-order valence-electron chi connectivity index (χ2n) is 6.88. The molecule has 0 aliphatic rings. The van der Waals surface area contributed by atoms with Crippen molar-refractivity contribution in [1.82, 2.24) is 15.3 Å². The molecule has 3 heterocycles. The highest BCUT2D eigenvalue weighted by Gasteiger charge is 2.21. The lowest BCUT2D eigenvalue weighted by molar-refractivity contribution is 0.113. The van der Waals surface area contributed by atoms with E-state index in [0.29, 0.717) is 28.5 Å². The van der Waals surface area contributed by atoms with Gasteiger partial charge in [-0.25, -0.2) is 8.42 Å². The lowest BCUT2D eigenvalue weighted by Gasteiger charge is -2.11. The van der Waals surface area contributed by atoms with Crippen molar-refractivity contribution < 1.29 is 27.4 Å². The van der Waals surface area contributed by atoms with Crippen LogP contribution < -0.4 is 14.8 Å². The van der Waals surface area contributed by atoms with Gasteiger partial charge >= 0.3 is 0 Å². The maximum atomic E-state index is 13.0. The SMILES string of the molecule is COc1cc(OC)cc(S(=O)(=O)c2ccc(CNC(O)c3cc4ccncc4o3)nc2)c1. The summed E-state index contributed by atoms with van der Waals surface area (Å²) >= 11 is 0. The molecular weight excluding hydrogens is 434 g/mol. The van der Waals surface area contributed by atoms with Crippen molar-refractivity contribution in [1.29, 1.82) is 0 Å². The van der Waals surface area contributed by atoms with E-state index < -0.39 is 16.1 Å². The third kappa shape index (κ3) is 4.42. The van der Waals surface area contributed by atoms with Crippen molar-refractivity contribution in [2.75, 3.05) is 14.2 Å². The molecule has 2 N–H and O–H groups in total. The number of nitrogens with one attached hydrogen (secondary N) is 1. The number of fused-ring (bicyclic) bond motifs is 1. The van der Waals surface area contributed by atoms with Gasteiger partial charge in [-0.15, -0.1) is 0 Å². The van der Waals surface area contributed by atoms with Gasteiger partial charge in [-0.05, 0) is 36.4 Å². The molecule has 1 aromatic carbocycles. The average Bonchev–Trinajstić information content (AvgIpc) is 3.27. The number of benzene rings is 1. The van der Waals surface area contributed by atoms with Crippen molar-refractivity contribution in [3.63, 3.8) is 0 Å². The monoisotopic (exact) mass is 455 g/mol. The highest BCUT2D eigenvalue weighted by Crippen LogP contribution is 2.29. The normalized spacial score (nSPS) is 12.6. The molecule has 166 valence electrons. The number of hydrogen-bond donors (Lipinski definition) is 2. The van der Waals surface area contributed by atoms with Crippen LogP contribution in [0.5, 0.6) is 11.5 Å². The summed E-state index contributed by atoms with van der Waals surface area (Å²) in [5.41, 5.74) is 1.12. The van der Waals surface area contributed by atoms with Gasteiger partial charge in [-0.3, -0.25) is 15.3 Å². The Morgan fingerprint density at radius 1 is 1.03 bits per heavy atom. The van der Waals surface area contributed by atoms with Gasteiger partial charge in [0.2, 0.25) is 9.84 Å². The second-order valence-corrected chi connectivity index (χ2v) is 8.83. The van der Waals surface area contributed by atoms with Gasteiger partial charge in [-0.1, -0.05) is 0 Å². The molecule has 0 fully saturated rings. The summed E-state index contributed by atoms with van der Waals surface area (Å²) in [7, 11) is -0.924. The van der Waals surface area contributed by atoms with Crippen LogP contribution in [0.3, 0.4) is 0 Å². The van der Waals surface area contributed by atoms with Crippen LogP contribution in [0.15, 0.2) is 75.3 Å². The van der Waals surface area contributed by atoms with E-state index in [0.717, 1.165) is 5.39 Å². The fourth-order valence-corrected chi connectivity index (χ4v) is 4.34. The lowest BCUT2D eigenvalue weighted by atomic mass is 10.3. The van der Waals surface area contributed by atoms with Crippen molar-refractivity contribution in [2.45, 2.75) is 22.6 Å². The first-order valence-electron chi connectivity index (χ1n) is 9.58. The first-order valence-corrected chi connectivity index (χ1v) is 11.1. The summed E-state index contributed by atoms with van der Waals surface area (Å²) in [5, 5.41) is 14.1. The number of aromatic nitrogens is 2. The molecule has 0 saturated carbocycles. The number of nitrogens with zero attached hydrogens (tertiary/aromatic N) is 2. The van der Waals surface area contributed by atoms with Crippen LogP contribution in [-0.2, 0) is 16.4 Å². The first-order chi connectivity index (χ1) is 15.4. The number of pyridine rings is 2. The molecule has 9 nitrogen and oxygen atoms in total. The van der Waals surface area contributed by atoms with E-state index in [1.807, 2.05) is 0 Å². The van der Waals surface area contributed by atoms with Crippen molar-refractivity contribution in [3.8, 4) is 11.5 Å². The molecule has 3 aromatic heterocycles. The molecule has 10 heteroatoms. The zero-order valence-electron chi connectivity index (χ0n) is 17.3. The minimum Gasteiger partial charge on any atom is -0.497 e. The number of aliphatic hydroxyl groups is 1. The Balaban J connectivity index is 1.48. The molecule has 0 saturated heterocycles. The number of hydrogen-bond acceptors (Lipinski definition) is 9. The summed E-state index contributed by atoms with van der Waals surface area (Å²) in [6, 6.07) is 11.0. The van der Waals surface area contributed by atoms with Gasteiger partial charge in [0.05, 0.1) is 35.9 Å². The molecule has 0 spiro atoms. The van der Waals surface area contributed by atoms with Crippen LogP contribution in [0.1, 0.15) is 17.7 Å². The molecule has 0 aliphatic heterocycles. The van der Waals surface area contributed by atoms with Crippen LogP contribution >= 0.6 is 0 Å². The molecule has 0 bridgehead atoms. The van der Waals surface area contributed by atoms with Gasteiger partial charge < -0.3 is 19.0 Å². The Labute approximate surface area is 184 Å². The third-order valence-electron chi connectivity index (χ3n) is 4.83. The fourth-order valence-electron chi connectivity index (χ4n) is 3.09. The quantitative estimate of drug-likeness (QED) is 0.386. The summed E-state index contributed by atoms with van der Waals surface area (Å²) in [6.07, 6.45) is 3.43. The van der Waals surface area contributed by atoms with E-state index in [1.54, 1.807) is 36.7 Å². The predicted octanol–water partition coefficient (Wildman–Crippen LogP) is 2.85. The molecule has 0 amide bonds. The van der Waals surface area contributed by atoms with Crippen LogP contribution in [0.25, 0.3) is 11.0 Å². The molecule has 0 aliphatic carbocycles. The second kappa shape index (κ2) is 8.95. The van der Waals surface area contributed by atoms with E-state index in [9.17, 15) is 13.5 Å². The van der Waals surface area contributed by atoms with E-state index in [2.05, 4.69) is 15.3 Å². The molecule has 32 heavy (non-hydrogen) atoms. The Bertz CT molecular complexity index is 1280. The summed E-state index contributed by atoms with van der Waals surface area (Å²) < 4.78 is 41.9. The smallest absolute Gasteiger partial charge is 0.208 e. The molecule has 1 unspecified atom stereocenters. The van der Waals surface area contributed by atoms with Gasteiger partial charge in [-0.2, -0.15) is 0 Å². The maximum Gasteiger partial charge on any atom is 0.208 e. The highest BCUT2D eigenvalue weighted by atomic mass is 32.2. The minimum absolute atomic E-state index is 0.0295. The summed E-state index contributed by atoms with van der Waals surface area (Å²) in [4.78, 5) is 8.26. The van der Waals surface area contributed by atoms with E-state index in [1.165, 1.54) is 38.6 Å². The molecule has 1 atom stereocenters. The minimum atomic E-state index is -3.82. The average molecular weight is 455 g/mol. The van der Waals surface area contributed by atoms with Crippen molar-refractivity contribution >= 4 is 20.8 Å². The topological polar surface area (TPSA) is 124 Å². The number of sulfone groups is 1. The van der Waals surface area contributed by atoms with Gasteiger partial charge in [0.25, 0.3) is 0 Å². The molecule has 0 radical (unpaired) electrons. The lowest BCUT2D eigenvalue weighted by Crippen LogP contribution is -2.20. The molecule has 4 rings (SSSR count). The van der Waals surface area contributed by atoms with Crippen LogP contribution in [0.4, 0.5) is 0 Å². The Morgan fingerprint density at radius 2 is 1.78 bits per heavy atom. The predicted molar refractivity (Wildman–Crippen MR) is 115 cm³/mol. The first kappa shape index (κ1) is 21.8. The third-order valence-corrected chi connectivity index (χ3v) is 6.55. The summed E-state index contributed by atoms with van der Waals surface area (Å²) in [6.45, 7) is 0.198. The Kier molecular flexibility index (Phi) is 6.08.